The van der Waals surface area contributed by atoms with Gasteiger partial charge in [-0.3, -0.25) is 4.57 Å². The van der Waals surface area contributed by atoms with E-state index in [4.69, 9.17) is 4.52 Å². The highest BCUT2D eigenvalue weighted by Crippen LogP contribution is 2.60. The van der Waals surface area contributed by atoms with Gasteiger partial charge >= 0.3 is 0 Å². The van der Waals surface area contributed by atoms with Crippen LogP contribution >= 0.6 is 7.37 Å². The molecule has 0 unspecified atom stereocenters. The largest absolute Gasteiger partial charge is 0.318 e. The van der Waals surface area contributed by atoms with Crippen LogP contribution in [0.15, 0.2) is 79.4 Å². The second-order valence-corrected chi connectivity index (χ2v) is 11.7. The van der Waals surface area contributed by atoms with Crippen molar-refractivity contribution in [3.63, 3.8) is 0 Å². The summed E-state index contributed by atoms with van der Waals surface area (Å²) in [5, 5.41) is 3.60. The molecule has 0 radical (unpaired) electrons. The third-order valence-electron chi connectivity index (χ3n) is 6.78. The topological polar surface area (TPSA) is 26.3 Å². The SMILES string of the molecule is C=C(c1ccc2ccccc2c1)[P@@](=O)(O[C@@H]1C[C@H](C)CC[C@H]1C(C)C)c1ccccc1. The van der Waals surface area contributed by atoms with Crippen LogP contribution in [0.3, 0.4) is 0 Å². The number of benzene rings is 3. The van der Waals surface area contributed by atoms with Gasteiger partial charge in [0.15, 0.2) is 0 Å². The van der Waals surface area contributed by atoms with Crippen molar-refractivity contribution in [1.82, 2.24) is 0 Å². The van der Waals surface area contributed by atoms with Gasteiger partial charge in [0.25, 0.3) is 7.37 Å². The Balaban J connectivity index is 1.75. The highest BCUT2D eigenvalue weighted by molar-refractivity contribution is 7.76. The molecular weight excluding hydrogens is 399 g/mol. The lowest BCUT2D eigenvalue weighted by atomic mass is 9.75. The van der Waals surface area contributed by atoms with Gasteiger partial charge in [-0.2, -0.15) is 0 Å². The molecule has 3 aromatic rings. The van der Waals surface area contributed by atoms with Gasteiger partial charge in [0.1, 0.15) is 0 Å². The van der Waals surface area contributed by atoms with Gasteiger partial charge in [-0.15, -0.1) is 0 Å². The molecule has 0 bridgehead atoms. The first-order valence-electron chi connectivity index (χ1n) is 11.4. The summed E-state index contributed by atoms with van der Waals surface area (Å²) in [6.45, 7) is 11.1. The molecule has 2 nitrogen and oxygen atoms in total. The van der Waals surface area contributed by atoms with E-state index in [-0.39, 0.29) is 6.10 Å². The number of rotatable bonds is 6. The Bertz CT molecular complexity index is 1100. The van der Waals surface area contributed by atoms with Crippen LogP contribution in [0.4, 0.5) is 0 Å². The molecule has 0 saturated heterocycles. The molecule has 0 amide bonds. The van der Waals surface area contributed by atoms with E-state index in [1.807, 2.05) is 48.5 Å². The fraction of sp³-hybridized carbons (Fsp3) is 0.357. The third kappa shape index (κ3) is 4.56. The van der Waals surface area contributed by atoms with Gasteiger partial charge in [-0.25, -0.2) is 0 Å². The molecule has 0 aliphatic heterocycles. The normalized spacial score (nSPS) is 23.5. The van der Waals surface area contributed by atoms with Crippen molar-refractivity contribution >= 4 is 28.8 Å². The van der Waals surface area contributed by atoms with Gasteiger partial charge in [0.2, 0.25) is 0 Å². The Morgan fingerprint density at radius 1 is 0.968 bits per heavy atom. The molecule has 0 aromatic heterocycles. The van der Waals surface area contributed by atoms with E-state index in [0.29, 0.717) is 23.1 Å². The van der Waals surface area contributed by atoms with Crippen LogP contribution in [0.5, 0.6) is 0 Å². The summed E-state index contributed by atoms with van der Waals surface area (Å²) in [5.41, 5.74) is 0.885. The Morgan fingerprint density at radius 3 is 2.35 bits per heavy atom. The van der Waals surface area contributed by atoms with Crippen LogP contribution in [0, 0.1) is 17.8 Å². The van der Waals surface area contributed by atoms with Crippen molar-refractivity contribution in [3.05, 3.63) is 84.9 Å². The molecule has 3 heteroatoms. The van der Waals surface area contributed by atoms with Gasteiger partial charge in [-0.05, 0) is 65.1 Å². The number of hydrogen-bond acceptors (Lipinski definition) is 2. The van der Waals surface area contributed by atoms with Gasteiger partial charge in [0, 0.05) is 10.6 Å². The van der Waals surface area contributed by atoms with Gasteiger partial charge in [-0.1, -0.05) is 88.4 Å². The summed E-state index contributed by atoms with van der Waals surface area (Å²) in [5.74, 6) is 1.49. The molecule has 162 valence electrons. The quantitative estimate of drug-likeness (QED) is 0.370. The van der Waals surface area contributed by atoms with Crippen LogP contribution < -0.4 is 5.30 Å². The second kappa shape index (κ2) is 9.15. The highest BCUT2D eigenvalue weighted by Gasteiger charge is 2.39. The molecule has 0 N–H and O–H groups in total. The summed E-state index contributed by atoms with van der Waals surface area (Å²) >= 11 is 0. The van der Waals surface area contributed by atoms with Crippen LogP contribution in [0.25, 0.3) is 16.1 Å². The van der Waals surface area contributed by atoms with Crippen molar-refractivity contribution in [2.75, 3.05) is 0 Å². The lowest BCUT2D eigenvalue weighted by Crippen LogP contribution is -2.34. The minimum Gasteiger partial charge on any atom is -0.318 e. The van der Waals surface area contributed by atoms with Gasteiger partial charge < -0.3 is 4.52 Å². The smallest absolute Gasteiger partial charge is 0.261 e. The molecule has 4 rings (SSSR count). The maximum absolute atomic E-state index is 14.7. The monoisotopic (exact) mass is 432 g/mol. The summed E-state index contributed by atoms with van der Waals surface area (Å²) < 4.78 is 21.4. The van der Waals surface area contributed by atoms with Crippen LogP contribution in [-0.2, 0) is 9.09 Å². The Hall–Kier alpha value is -2.15. The predicted octanol–water partition coefficient (Wildman–Crippen LogP) is 7.89. The van der Waals surface area contributed by atoms with Crippen molar-refractivity contribution in [2.45, 2.75) is 46.1 Å². The third-order valence-corrected chi connectivity index (χ3v) is 9.29. The van der Waals surface area contributed by atoms with E-state index in [9.17, 15) is 4.57 Å². The van der Waals surface area contributed by atoms with E-state index < -0.39 is 7.37 Å². The van der Waals surface area contributed by atoms with E-state index in [1.54, 1.807) is 0 Å². The molecule has 4 atom stereocenters. The van der Waals surface area contributed by atoms with Crippen molar-refractivity contribution < 1.29 is 9.09 Å². The summed E-state index contributed by atoms with van der Waals surface area (Å²) in [7, 11) is -3.33. The molecule has 31 heavy (non-hydrogen) atoms. The fourth-order valence-corrected chi connectivity index (χ4v) is 7.10. The average Bonchev–Trinajstić information content (AvgIpc) is 2.78. The van der Waals surface area contributed by atoms with Crippen molar-refractivity contribution in [2.24, 2.45) is 17.8 Å². The number of fused-ring (bicyclic) bond motifs is 1. The van der Waals surface area contributed by atoms with E-state index in [2.05, 4.69) is 51.6 Å². The molecule has 1 aliphatic rings. The predicted molar refractivity (Wildman–Crippen MR) is 133 cm³/mol. The minimum absolute atomic E-state index is 0.0213. The minimum atomic E-state index is -3.33. The van der Waals surface area contributed by atoms with E-state index in [0.717, 1.165) is 34.5 Å². The standard InChI is InChI=1S/C28H33O2P/c1-20(2)27-17-14-21(3)18-28(27)30-31(29,26-12-6-5-7-13-26)22(4)24-16-15-23-10-8-9-11-25(23)19-24/h5-13,15-16,19-21,27-28H,4,14,17-18H2,1-3H3/t21-,27+,28-,31-/m1/s1. The Labute approximate surface area is 186 Å². The molecule has 0 spiro atoms. The fourth-order valence-electron chi connectivity index (χ4n) is 4.87. The molecular formula is C28H33O2P. The van der Waals surface area contributed by atoms with Crippen LogP contribution in [0.2, 0.25) is 0 Å². The zero-order chi connectivity index (χ0) is 22.0. The van der Waals surface area contributed by atoms with Gasteiger partial charge in [0.05, 0.1) is 6.10 Å². The Morgan fingerprint density at radius 2 is 1.65 bits per heavy atom. The first kappa shape index (κ1) is 22.1. The second-order valence-electron chi connectivity index (χ2n) is 9.37. The molecule has 0 heterocycles. The first-order chi connectivity index (χ1) is 14.9. The molecule has 1 saturated carbocycles. The van der Waals surface area contributed by atoms with Crippen molar-refractivity contribution in [3.8, 4) is 0 Å². The maximum atomic E-state index is 14.7. The van der Waals surface area contributed by atoms with E-state index >= 15 is 0 Å². The summed E-state index contributed by atoms with van der Waals surface area (Å²) in [4.78, 5) is 0. The lowest BCUT2D eigenvalue weighted by molar-refractivity contribution is 0.0516. The van der Waals surface area contributed by atoms with Crippen molar-refractivity contribution in [1.29, 1.82) is 0 Å². The average molecular weight is 433 g/mol. The molecule has 1 fully saturated rings. The molecule has 3 aromatic carbocycles. The zero-order valence-electron chi connectivity index (χ0n) is 18.8. The zero-order valence-corrected chi connectivity index (χ0v) is 19.7. The lowest BCUT2D eigenvalue weighted by Gasteiger charge is -2.39. The maximum Gasteiger partial charge on any atom is 0.261 e. The van der Waals surface area contributed by atoms with Crippen LogP contribution in [-0.4, -0.2) is 6.10 Å². The molecule has 1 aliphatic carbocycles. The number of hydrogen-bond donors (Lipinski definition) is 0. The highest BCUT2D eigenvalue weighted by atomic mass is 31.2. The van der Waals surface area contributed by atoms with E-state index in [1.165, 1.54) is 6.42 Å². The van der Waals surface area contributed by atoms with Crippen LogP contribution in [0.1, 0.15) is 45.6 Å². The Kier molecular flexibility index (Phi) is 6.51. The summed E-state index contributed by atoms with van der Waals surface area (Å²) in [6.07, 6.45) is 3.27. The summed E-state index contributed by atoms with van der Waals surface area (Å²) in [6, 6.07) is 24.1. The first-order valence-corrected chi connectivity index (χ1v) is 13.0.